The summed E-state index contributed by atoms with van der Waals surface area (Å²) < 4.78 is 0. The van der Waals surface area contributed by atoms with Crippen LogP contribution in [-0.2, 0) is 6.42 Å². The second-order valence-electron chi connectivity index (χ2n) is 10.3. The van der Waals surface area contributed by atoms with Crippen LogP contribution in [0.1, 0.15) is 114 Å². The molecule has 0 nitrogen and oxygen atoms in total. The van der Waals surface area contributed by atoms with Gasteiger partial charge in [-0.3, -0.25) is 0 Å². The van der Waals surface area contributed by atoms with Crippen LogP contribution in [0.5, 0.6) is 0 Å². The first-order valence-corrected chi connectivity index (χ1v) is 13.0. The van der Waals surface area contributed by atoms with Gasteiger partial charge in [0.1, 0.15) is 0 Å². The molecule has 0 bridgehead atoms. The number of hydrogen-bond acceptors (Lipinski definition) is 0. The molecule has 1 unspecified atom stereocenters. The predicted molar refractivity (Wildman–Crippen MR) is 128 cm³/mol. The largest absolute Gasteiger partial charge is 0.0850 e. The summed E-state index contributed by atoms with van der Waals surface area (Å²) in [6, 6.07) is 9.12. The Kier molecular flexibility index (Phi) is 9.84. The van der Waals surface area contributed by atoms with Gasteiger partial charge in [0.25, 0.3) is 0 Å². The zero-order valence-corrected chi connectivity index (χ0v) is 19.4. The van der Waals surface area contributed by atoms with E-state index in [1.807, 2.05) is 0 Å². The lowest BCUT2D eigenvalue weighted by Gasteiger charge is -2.30. The van der Waals surface area contributed by atoms with Crippen LogP contribution in [0.4, 0.5) is 0 Å². The molecule has 0 spiro atoms. The number of allylic oxidation sites excluding steroid dienone is 2. The fourth-order valence-electron chi connectivity index (χ4n) is 5.63. The third-order valence-corrected chi connectivity index (χ3v) is 7.88. The Bertz CT molecular complexity index is 585. The minimum Gasteiger partial charge on any atom is -0.0850 e. The van der Waals surface area contributed by atoms with Crippen LogP contribution in [0.2, 0.25) is 0 Å². The summed E-state index contributed by atoms with van der Waals surface area (Å²) >= 11 is 0. The van der Waals surface area contributed by atoms with E-state index < -0.39 is 0 Å². The average molecular weight is 395 g/mol. The van der Waals surface area contributed by atoms with Gasteiger partial charge in [-0.1, -0.05) is 113 Å². The van der Waals surface area contributed by atoms with Crippen molar-refractivity contribution in [1.29, 1.82) is 0 Å². The standard InChI is InChI=1S/C29H46/c1-3-4-5-6-7-25-12-14-27(15-13-25)18-19-29-22-20-28(21-23-29)17-16-26-10-8-24(2)9-11-26/h8-11,20,25,27,29H,3-7,12-19,21-23H2,1-2H3. The van der Waals surface area contributed by atoms with E-state index in [0.29, 0.717) is 0 Å². The third-order valence-electron chi connectivity index (χ3n) is 7.88. The van der Waals surface area contributed by atoms with Gasteiger partial charge < -0.3 is 0 Å². The van der Waals surface area contributed by atoms with E-state index in [1.54, 1.807) is 5.57 Å². The molecule has 0 N–H and O–H groups in total. The van der Waals surface area contributed by atoms with E-state index >= 15 is 0 Å². The van der Waals surface area contributed by atoms with E-state index in [4.69, 9.17) is 0 Å². The fraction of sp³-hybridized carbons (Fsp3) is 0.724. The molecule has 162 valence electrons. The van der Waals surface area contributed by atoms with Crippen molar-refractivity contribution in [2.24, 2.45) is 17.8 Å². The molecule has 0 heterocycles. The monoisotopic (exact) mass is 394 g/mol. The quantitative estimate of drug-likeness (QED) is 0.259. The van der Waals surface area contributed by atoms with Crippen LogP contribution in [0.25, 0.3) is 0 Å². The summed E-state index contributed by atoms with van der Waals surface area (Å²) in [5.41, 5.74) is 4.60. The Morgan fingerprint density at radius 3 is 2.07 bits per heavy atom. The molecule has 0 aliphatic heterocycles. The minimum absolute atomic E-state index is 0.977. The van der Waals surface area contributed by atoms with Crippen LogP contribution in [0.3, 0.4) is 0 Å². The summed E-state index contributed by atoms with van der Waals surface area (Å²) in [7, 11) is 0. The maximum atomic E-state index is 2.61. The fourth-order valence-corrected chi connectivity index (χ4v) is 5.63. The lowest BCUT2D eigenvalue weighted by atomic mass is 9.76. The second-order valence-corrected chi connectivity index (χ2v) is 10.3. The summed E-state index contributed by atoms with van der Waals surface area (Å²) in [5.74, 6) is 3.09. The molecule has 1 aromatic rings. The molecule has 0 saturated heterocycles. The number of rotatable bonds is 11. The molecule has 2 aliphatic rings. The third kappa shape index (κ3) is 8.31. The zero-order valence-electron chi connectivity index (χ0n) is 19.4. The second kappa shape index (κ2) is 12.6. The molecule has 0 aromatic heterocycles. The summed E-state index contributed by atoms with van der Waals surface area (Å²) in [6.07, 6.45) is 25.7. The molecule has 0 heteroatoms. The van der Waals surface area contributed by atoms with E-state index in [-0.39, 0.29) is 0 Å². The topological polar surface area (TPSA) is 0 Å². The molecule has 29 heavy (non-hydrogen) atoms. The minimum atomic E-state index is 0.977. The Hall–Kier alpha value is -1.04. The van der Waals surface area contributed by atoms with E-state index in [9.17, 15) is 0 Å². The van der Waals surface area contributed by atoms with Crippen molar-refractivity contribution in [1.82, 2.24) is 0 Å². The molecule has 1 saturated carbocycles. The highest BCUT2D eigenvalue weighted by Gasteiger charge is 2.22. The van der Waals surface area contributed by atoms with E-state index in [1.165, 1.54) is 114 Å². The van der Waals surface area contributed by atoms with Gasteiger partial charge in [-0.05, 0) is 68.8 Å². The Morgan fingerprint density at radius 2 is 1.41 bits per heavy atom. The van der Waals surface area contributed by atoms with Gasteiger partial charge in [-0.15, -0.1) is 0 Å². The van der Waals surface area contributed by atoms with Gasteiger partial charge >= 0.3 is 0 Å². The number of aryl methyl sites for hydroxylation is 2. The highest BCUT2D eigenvalue weighted by atomic mass is 14.3. The van der Waals surface area contributed by atoms with Gasteiger partial charge in [0, 0.05) is 0 Å². The van der Waals surface area contributed by atoms with Crippen molar-refractivity contribution in [3.8, 4) is 0 Å². The van der Waals surface area contributed by atoms with Gasteiger partial charge in [0.15, 0.2) is 0 Å². The number of hydrogen-bond donors (Lipinski definition) is 0. The zero-order chi connectivity index (χ0) is 20.3. The van der Waals surface area contributed by atoms with Crippen LogP contribution in [0.15, 0.2) is 35.9 Å². The molecule has 3 rings (SSSR count). The summed E-state index contributed by atoms with van der Waals surface area (Å²) in [4.78, 5) is 0. The molecule has 1 atom stereocenters. The van der Waals surface area contributed by atoms with Gasteiger partial charge in [-0.25, -0.2) is 0 Å². The van der Waals surface area contributed by atoms with Gasteiger partial charge in [0.05, 0.1) is 0 Å². The van der Waals surface area contributed by atoms with Crippen molar-refractivity contribution in [2.75, 3.05) is 0 Å². The Balaban J connectivity index is 1.26. The average Bonchev–Trinajstić information content (AvgIpc) is 2.76. The first-order valence-electron chi connectivity index (χ1n) is 13.0. The molecule has 2 aliphatic carbocycles. The van der Waals surface area contributed by atoms with E-state index in [2.05, 4.69) is 44.2 Å². The molecule has 1 fully saturated rings. The Labute approximate surface area is 181 Å². The van der Waals surface area contributed by atoms with Crippen LogP contribution in [-0.4, -0.2) is 0 Å². The highest BCUT2D eigenvalue weighted by Crippen LogP contribution is 2.37. The smallest absolute Gasteiger partial charge is 0.0241 e. The van der Waals surface area contributed by atoms with Crippen molar-refractivity contribution in [3.05, 3.63) is 47.0 Å². The van der Waals surface area contributed by atoms with Crippen molar-refractivity contribution in [2.45, 2.75) is 117 Å². The first-order chi connectivity index (χ1) is 14.2. The van der Waals surface area contributed by atoms with Gasteiger partial charge in [0.2, 0.25) is 0 Å². The molecular formula is C29H46. The van der Waals surface area contributed by atoms with Gasteiger partial charge in [-0.2, -0.15) is 0 Å². The normalized spacial score (nSPS) is 25.0. The lowest BCUT2D eigenvalue weighted by Crippen LogP contribution is -2.16. The highest BCUT2D eigenvalue weighted by molar-refractivity contribution is 5.22. The lowest BCUT2D eigenvalue weighted by molar-refractivity contribution is 0.234. The Morgan fingerprint density at radius 1 is 0.724 bits per heavy atom. The summed E-state index contributed by atoms with van der Waals surface area (Å²) in [6.45, 7) is 4.49. The summed E-state index contributed by atoms with van der Waals surface area (Å²) in [5, 5.41) is 0. The van der Waals surface area contributed by atoms with Crippen LogP contribution in [0, 0.1) is 24.7 Å². The SMILES string of the molecule is CCCCCCC1CCC(CCC2CC=C(CCc3ccc(C)cc3)CC2)CC1. The molecule has 0 amide bonds. The maximum Gasteiger partial charge on any atom is -0.0241 e. The van der Waals surface area contributed by atoms with E-state index in [0.717, 1.165) is 17.8 Å². The van der Waals surface area contributed by atoms with Crippen LogP contribution >= 0.6 is 0 Å². The number of unbranched alkanes of at least 4 members (excludes halogenated alkanes) is 3. The molecular weight excluding hydrogens is 348 g/mol. The molecule has 1 aromatic carbocycles. The molecule has 0 radical (unpaired) electrons. The maximum absolute atomic E-state index is 2.61. The number of benzene rings is 1. The van der Waals surface area contributed by atoms with Crippen LogP contribution < -0.4 is 0 Å². The van der Waals surface area contributed by atoms with Crippen molar-refractivity contribution < 1.29 is 0 Å². The predicted octanol–water partition coefficient (Wildman–Crippen LogP) is 9.21. The first kappa shape index (κ1) is 22.6. The van der Waals surface area contributed by atoms with Crippen molar-refractivity contribution in [3.63, 3.8) is 0 Å². The van der Waals surface area contributed by atoms with Crippen molar-refractivity contribution >= 4 is 0 Å².